The lowest BCUT2D eigenvalue weighted by atomic mass is 10.1. The van der Waals surface area contributed by atoms with Gasteiger partial charge in [-0.05, 0) is 6.92 Å². The molecule has 66 valence electrons. The first-order valence-electron chi connectivity index (χ1n) is 4.14. The third-order valence-corrected chi connectivity index (χ3v) is 2.15. The molecule has 0 aliphatic heterocycles. The number of nitrogen functional groups attached to an aromatic ring is 1. The summed E-state index contributed by atoms with van der Waals surface area (Å²) >= 11 is 0. The third kappa shape index (κ3) is 1.23. The van der Waals surface area contributed by atoms with Gasteiger partial charge in [-0.25, -0.2) is 0 Å². The van der Waals surface area contributed by atoms with Crippen LogP contribution in [0.5, 0.6) is 0 Å². The van der Waals surface area contributed by atoms with Crippen molar-refractivity contribution in [2.24, 2.45) is 5.84 Å². The Bertz CT molecular complexity index is 437. The molecule has 3 heteroatoms. The fourth-order valence-corrected chi connectivity index (χ4v) is 1.45. The standard InChI is InChI=1S/C10H11N3/c1-7-8-4-2-3-5-9(8)10(13-11)6-12-7/h2-6,13H,11H2,1H3. The topological polar surface area (TPSA) is 50.9 Å². The van der Waals surface area contributed by atoms with Crippen LogP contribution in [0, 0.1) is 6.92 Å². The van der Waals surface area contributed by atoms with E-state index < -0.39 is 0 Å². The van der Waals surface area contributed by atoms with Crippen molar-refractivity contribution in [2.75, 3.05) is 5.43 Å². The van der Waals surface area contributed by atoms with Crippen LogP contribution in [-0.2, 0) is 0 Å². The van der Waals surface area contributed by atoms with Crippen molar-refractivity contribution in [1.82, 2.24) is 4.98 Å². The number of fused-ring (bicyclic) bond motifs is 1. The Morgan fingerprint density at radius 3 is 2.62 bits per heavy atom. The number of aromatic nitrogens is 1. The molecule has 2 aromatic rings. The van der Waals surface area contributed by atoms with E-state index in [9.17, 15) is 0 Å². The molecule has 0 unspecified atom stereocenters. The van der Waals surface area contributed by atoms with Gasteiger partial charge in [0.05, 0.1) is 11.9 Å². The Morgan fingerprint density at radius 1 is 1.23 bits per heavy atom. The van der Waals surface area contributed by atoms with Gasteiger partial charge in [0.15, 0.2) is 0 Å². The van der Waals surface area contributed by atoms with Gasteiger partial charge in [0.2, 0.25) is 0 Å². The molecule has 0 atom stereocenters. The van der Waals surface area contributed by atoms with Gasteiger partial charge >= 0.3 is 0 Å². The summed E-state index contributed by atoms with van der Waals surface area (Å²) in [6.45, 7) is 1.99. The minimum atomic E-state index is 0.862. The van der Waals surface area contributed by atoms with Crippen LogP contribution in [0.15, 0.2) is 30.5 Å². The molecular formula is C10H11N3. The highest BCUT2D eigenvalue weighted by atomic mass is 15.2. The molecule has 0 saturated carbocycles. The van der Waals surface area contributed by atoms with Crippen molar-refractivity contribution < 1.29 is 0 Å². The Labute approximate surface area is 76.6 Å². The maximum atomic E-state index is 5.38. The minimum absolute atomic E-state index is 0.862. The smallest absolute Gasteiger partial charge is 0.0748 e. The molecule has 0 saturated heterocycles. The van der Waals surface area contributed by atoms with Crippen LogP contribution in [0.25, 0.3) is 10.8 Å². The molecule has 0 spiro atoms. The van der Waals surface area contributed by atoms with E-state index in [-0.39, 0.29) is 0 Å². The number of hydrazine groups is 1. The van der Waals surface area contributed by atoms with Crippen LogP contribution in [0.1, 0.15) is 5.69 Å². The summed E-state index contributed by atoms with van der Waals surface area (Å²) in [5.74, 6) is 5.38. The first-order valence-corrected chi connectivity index (χ1v) is 4.14. The summed E-state index contributed by atoms with van der Waals surface area (Å²) in [6.07, 6.45) is 1.75. The summed E-state index contributed by atoms with van der Waals surface area (Å²) in [5.41, 5.74) is 4.52. The second-order valence-electron chi connectivity index (χ2n) is 2.95. The van der Waals surface area contributed by atoms with E-state index in [1.54, 1.807) is 6.20 Å². The first-order chi connectivity index (χ1) is 6.33. The average molecular weight is 173 g/mol. The van der Waals surface area contributed by atoms with E-state index in [0.717, 1.165) is 22.2 Å². The summed E-state index contributed by atoms with van der Waals surface area (Å²) in [5, 5.41) is 2.25. The Balaban J connectivity index is 2.84. The number of pyridine rings is 1. The first kappa shape index (κ1) is 8.01. The number of nitrogens with one attached hydrogen (secondary N) is 1. The molecule has 2 rings (SSSR count). The van der Waals surface area contributed by atoms with Crippen molar-refractivity contribution in [3.8, 4) is 0 Å². The van der Waals surface area contributed by atoms with Gasteiger partial charge in [-0.15, -0.1) is 0 Å². The van der Waals surface area contributed by atoms with Crippen LogP contribution < -0.4 is 11.3 Å². The highest BCUT2D eigenvalue weighted by molar-refractivity contribution is 5.94. The number of anilines is 1. The molecule has 1 aromatic heterocycles. The lowest BCUT2D eigenvalue weighted by Gasteiger charge is -2.06. The van der Waals surface area contributed by atoms with Crippen LogP contribution in [0.3, 0.4) is 0 Å². The van der Waals surface area contributed by atoms with Gasteiger partial charge in [0, 0.05) is 16.5 Å². The van der Waals surface area contributed by atoms with Crippen LogP contribution in [-0.4, -0.2) is 4.98 Å². The number of nitrogens with two attached hydrogens (primary N) is 1. The van der Waals surface area contributed by atoms with Crippen molar-refractivity contribution in [3.05, 3.63) is 36.2 Å². The van der Waals surface area contributed by atoms with Crippen LogP contribution in [0.2, 0.25) is 0 Å². The molecule has 0 bridgehead atoms. The second-order valence-corrected chi connectivity index (χ2v) is 2.95. The fraction of sp³-hybridized carbons (Fsp3) is 0.100. The van der Waals surface area contributed by atoms with Gasteiger partial charge in [0.1, 0.15) is 0 Å². The number of hydrogen-bond donors (Lipinski definition) is 2. The molecule has 3 nitrogen and oxygen atoms in total. The Kier molecular flexibility index (Phi) is 1.87. The molecule has 1 aromatic carbocycles. The molecule has 0 aliphatic carbocycles. The zero-order valence-electron chi connectivity index (χ0n) is 7.41. The zero-order valence-corrected chi connectivity index (χ0v) is 7.41. The molecule has 0 radical (unpaired) electrons. The molecular weight excluding hydrogens is 162 g/mol. The number of aryl methyl sites for hydroxylation is 1. The lowest BCUT2D eigenvalue weighted by Crippen LogP contribution is -2.07. The molecule has 3 N–H and O–H groups in total. The summed E-state index contributed by atoms with van der Waals surface area (Å²) in [6, 6.07) is 8.05. The van der Waals surface area contributed by atoms with Crippen molar-refractivity contribution >= 4 is 16.5 Å². The SMILES string of the molecule is Cc1ncc(NN)c2ccccc12. The Hall–Kier alpha value is -1.61. The maximum Gasteiger partial charge on any atom is 0.0748 e. The van der Waals surface area contributed by atoms with Crippen LogP contribution in [0.4, 0.5) is 5.69 Å². The van der Waals surface area contributed by atoms with Gasteiger partial charge in [-0.2, -0.15) is 0 Å². The summed E-state index contributed by atoms with van der Waals surface area (Å²) < 4.78 is 0. The number of rotatable bonds is 1. The van der Waals surface area contributed by atoms with Crippen molar-refractivity contribution in [3.63, 3.8) is 0 Å². The van der Waals surface area contributed by atoms with Gasteiger partial charge < -0.3 is 5.43 Å². The number of hydrogen-bond acceptors (Lipinski definition) is 3. The highest BCUT2D eigenvalue weighted by Crippen LogP contribution is 2.23. The molecule has 13 heavy (non-hydrogen) atoms. The fourth-order valence-electron chi connectivity index (χ4n) is 1.45. The maximum absolute atomic E-state index is 5.38. The van der Waals surface area contributed by atoms with E-state index in [4.69, 9.17) is 5.84 Å². The predicted octanol–water partition coefficient (Wildman–Crippen LogP) is 1.83. The van der Waals surface area contributed by atoms with Gasteiger partial charge in [-0.1, -0.05) is 24.3 Å². The van der Waals surface area contributed by atoms with E-state index in [0.29, 0.717) is 0 Å². The average Bonchev–Trinajstić information content (AvgIpc) is 2.19. The zero-order chi connectivity index (χ0) is 9.26. The second kappa shape index (κ2) is 3.03. The normalized spacial score (nSPS) is 10.3. The molecule has 0 aliphatic rings. The summed E-state index contributed by atoms with van der Waals surface area (Å²) in [4.78, 5) is 4.24. The van der Waals surface area contributed by atoms with E-state index in [1.807, 2.05) is 31.2 Å². The predicted molar refractivity (Wildman–Crippen MR) is 54.3 cm³/mol. The molecule has 1 heterocycles. The van der Waals surface area contributed by atoms with Gasteiger partial charge in [-0.3, -0.25) is 10.8 Å². The van der Waals surface area contributed by atoms with E-state index >= 15 is 0 Å². The monoisotopic (exact) mass is 173 g/mol. The summed E-state index contributed by atoms with van der Waals surface area (Å²) in [7, 11) is 0. The minimum Gasteiger partial charge on any atom is -0.322 e. The highest BCUT2D eigenvalue weighted by Gasteiger charge is 2.01. The van der Waals surface area contributed by atoms with Crippen LogP contribution >= 0.6 is 0 Å². The lowest BCUT2D eigenvalue weighted by molar-refractivity contribution is 1.22. The van der Waals surface area contributed by atoms with E-state index in [2.05, 4.69) is 10.4 Å². The largest absolute Gasteiger partial charge is 0.322 e. The van der Waals surface area contributed by atoms with Crippen molar-refractivity contribution in [2.45, 2.75) is 6.92 Å². The van der Waals surface area contributed by atoms with Gasteiger partial charge in [0.25, 0.3) is 0 Å². The van der Waals surface area contributed by atoms with Crippen molar-refractivity contribution in [1.29, 1.82) is 0 Å². The van der Waals surface area contributed by atoms with E-state index in [1.165, 1.54) is 0 Å². The third-order valence-electron chi connectivity index (χ3n) is 2.15. The number of nitrogens with zero attached hydrogens (tertiary/aromatic N) is 1. The molecule has 0 fully saturated rings. The quantitative estimate of drug-likeness (QED) is 0.511. The Morgan fingerprint density at radius 2 is 1.92 bits per heavy atom. The number of benzene rings is 1. The molecule has 0 amide bonds.